The minimum atomic E-state index is -0.500. The summed E-state index contributed by atoms with van der Waals surface area (Å²) in [4.78, 5) is 28.5. The Balaban J connectivity index is 1.47. The van der Waals surface area contributed by atoms with Crippen LogP contribution in [0.15, 0.2) is 42.5 Å². The van der Waals surface area contributed by atoms with Crippen LogP contribution in [0.2, 0.25) is 0 Å². The van der Waals surface area contributed by atoms with E-state index in [4.69, 9.17) is 0 Å². The van der Waals surface area contributed by atoms with Gasteiger partial charge in [0.1, 0.15) is 6.04 Å². The molecule has 1 saturated heterocycles. The van der Waals surface area contributed by atoms with Crippen LogP contribution < -0.4 is 10.6 Å². The first kappa shape index (κ1) is 20.3. The highest BCUT2D eigenvalue weighted by Crippen LogP contribution is 2.20. The van der Waals surface area contributed by atoms with Crippen LogP contribution in [0.1, 0.15) is 19.4 Å². The molecule has 2 aromatic carbocycles. The standard InChI is InChI=1S/C22H30N4O2/c1-3-23-22(28)17(2)24-21(27)16-26-13-11-25(12-14-26)15-19-9-6-8-18-7-4-5-10-20(18)19/h4-10,17H,3,11-16H2,1-2H3,(H,23,28)(H,24,27)/t17-/m0/s1. The molecule has 2 amide bonds. The third-order valence-electron chi connectivity index (χ3n) is 5.23. The van der Waals surface area contributed by atoms with Crippen molar-refractivity contribution in [2.45, 2.75) is 26.4 Å². The number of hydrogen-bond acceptors (Lipinski definition) is 4. The van der Waals surface area contributed by atoms with Crippen LogP contribution in [0.5, 0.6) is 0 Å². The van der Waals surface area contributed by atoms with Crippen LogP contribution in [-0.2, 0) is 16.1 Å². The number of hydrogen-bond donors (Lipinski definition) is 2. The van der Waals surface area contributed by atoms with E-state index >= 15 is 0 Å². The first-order valence-corrected chi connectivity index (χ1v) is 10.0. The zero-order valence-corrected chi connectivity index (χ0v) is 16.8. The van der Waals surface area contributed by atoms with Crippen LogP contribution in [0.25, 0.3) is 10.8 Å². The number of fused-ring (bicyclic) bond motifs is 1. The first-order chi connectivity index (χ1) is 13.6. The number of nitrogens with one attached hydrogen (secondary N) is 2. The van der Waals surface area contributed by atoms with Gasteiger partial charge in [-0.2, -0.15) is 0 Å². The molecule has 1 fully saturated rings. The van der Waals surface area contributed by atoms with Crippen LogP contribution in [-0.4, -0.2) is 66.9 Å². The molecule has 0 aromatic heterocycles. The van der Waals surface area contributed by atoms with Crippen molar-refractivity contribution >= 4 is 22.6 Å². The average Bonchev–Trinajstić information content (AvgIpc) is 2.70. The number of carbonyl (C=O) groups excluding carboxylic acids is 2. The quantitative estimate of drug-likeness (QED) is 0.764. The van der Waals surface area contributed by atoms with E-state index in [2.05, 4.69) is 62.9 Å². The molecule has 0 bridgehead atoms. The van der Waals surface area contributed by atoms with Gasteiger partial charge in [0.05, 0.1) is 6.54 Å². The molecular weight excluding hydrogens is 352 g/mol. The number of amides is 2. The Hall–Kier alpha value is -2.44. The predicted octanol–water partition coefficient (Wildman–Crippen LogP) is 1.60. The fraction of sp³-hybridized carbons (Fsp3) is 0.455. The Morgan fingerprint density at radius 3 is 2.43 bits per heavy atom. The first-order valence-electron chi connectivity index (χ1n) is 10.0. The van der Waals surface area contributed by atoms with Crippen molar-refractivity contribution in [3.05, 3.63) is 48.0 Å². The summed E-state index contributed by atoms with van der Waals surface area (Å²) in [5, 5.41) is 8.08. The van der Waals surface area contributed by atoms with Gasteiger partial charge in [0, 0.05) is 39.3 Å². The zero-order chi connectivity index (χ0) is 19.9. The fourth-order valence-electron chi connectivity index (χ4n) is 3.66. The van der Waals surface area contributed by atoms with Crippen molar-refractivity contribution in [3.63, 3.8) is 0 Å². The van der Waals surface area contributed by atoms with Crippen LogP contribution in [0.3, 0.4) is 0 Å². The summed E-state index contributed by atoms with van der Waals surface area (Å²) < 4.78 is 0. The lowest BCUT2D eigenvalue weighted by atomic mass is 10.0. The molecule has 0 spiro atoms. The third-order valence-corrected chi connectivity index (χ3v) is 5.23. The van der Waals surface area contributed by atoms with Gasteiger partial charge in [-0.3, -0.25) is 19.4 Å². The largest absolute Gasteiger partial charge is 0.355 e. The molecule has 6 nitrogen and oxygen atoms in total. The molecule has 3 rings (SSSR count). The van der Waals surface area contributed by atoms with Gasteiger partial charge in [0.15, 0.2) is 0 Å². The lowest BCUT2D eigenvalue weighted by Crippen LogP contribution is -2.51. The van der Waals surface area contributed by atoms with E-state index in [9.17, 15) is 9.59 Å². The molecule has 150 valence electrons. The number of rotatable bonds is 7. The van der Waals surface area contributed by atoms with Crippen molar-refractivity contribution in [1.29, 1.82) is 0 Å². The van der Waals surface area contributed by atoms with Crippen LogP contribution in [0.4, 0.5) is 0 Å². The molecule has 28 heavy (non-hydrogen) atoms. The second-order valence-corrected chi connectivity index (χ2v) is 7.37. The number of benzene rings is 2. The van der Waals surface area contributed by atoms with Crippen molar-refractivity contribution in [1.82, 2.24) is 20.4 Å². The van der Waals surface area contributed by atoms with Gasteiger partial charge in [-0.25, -0.2) is 0 Å². The highest BCUT2D eigenvalue weighted by atomic mass is 16.2. The zero-order valence-electron chi connectivity index (χ0n) is 16.8. The minimum absolute atomic E-state index is 0.0961. The molecule has 0 aliphatic carbocycles. The van der Waals surface area contributed by atoms with E-state index < -0.39 is 6.04 Å². The van der Waals surface area contributed by atoms with Crippen molar-refractivity contribution in [3.8, 4) is 0 Å². The van der Waals surface area contributed by atoms with Gasteiger partial charge in [0.25, 0.3) is 0 Å². The number of nitrogens with zero attached hydrogens (tertiary/aromatic N) is 2. The van der Waals surface area contributed by atoms with Gasteiger partial charge < -0.3 is 10.6 Å². The van der Waals surface area contributed by atoms with E-state index in [1.54, 1.807) is 6.92 Å². The minimum Gasteiger partial charge on any atom is -0.355 e. The van der Waals surface area contributed by atoms with Gasteiger partial charge in [-0.1, -0.05) is 42.5 Å². The third kappa shape index (κ3) is 5.30. The van der Waals surface area contributed by atoms with Crippen LogP contribution >= 0.6 is 0 Å². The number of piperazine rings is 1. The maximum atomic E-state index is 12.2. The Labute approximate surface area is 166 Å². The monoisotopic (exact) mass is 382 g/mol. The molecule has 2 aromatic rings. The fourth-order valence-corrected chi connectivity index (χ4v) is 3.66. The Bertz CT molecular complexity index is 810. The van der Waals surface area contributed by atoms with Gasteiger partial charge in [-0.05, 0) is 30.2 Å². The Morgan fingerprint density at radius 1 is 1.00 bits per heavy atom. The molecule has 0 radical (unpaired) electrons. The maximum absolute atomic E-state index is 12.2. The van der Waals surface area contributed by atoms with E-state index in [-0.39, 0.29) is 11.8 Å². The Kier molecular flexibility index (Phi) is 7.01. The van der Waals surface area contributed by atoms with Crippen LogP contribution in [0, 0.1) is 0 Å². The molecule has 1 atom stereocenters. The molecule has 0 saturated carbocycles. The number of carbonyl (C=O) groups is 2. The van der Waals surface area contributed by atoms with Crippen molar-refractivity contribution in [2.24, 2.45) is 0 Å². The highest BCUT2D eigenvalue weighted by Gasteiger charge is 2.21. The SMILES string of the molecule is CCNC(=O)[C@H](C)NC(=O)CN1CCN(Cc2cccc3ccccc23)CC1. The summed E-state index contributed by atoms with van der Waals surface area (Å²) in [6.07, 6.45) is 0. The predicted molar refractivity (Wildman–Crippen MR) is 112 cm³/mol. The summed E-state index contributed by atoms with van der Waals surface area (Å²) in [7, 11) is 0. The van der Waals surface area contributed by atoms with Gasteiger partial charge in [-0.15, -0.1) is 0 Å². The summed E-state index contributed by atoms with van der Waals surface area (Å²) in [5.74, 6) is -0.239. The maximum Gasteiger partial charge on any atom is 0.242 e. The summed E-state index contributed by atoms with van der Waals surface area (Å²) in [6.45, 7) is 8.99. The van der Waals surface area contributed by atoms with Crippen molar-refractivity contribution in [2.75, 3.05) is 39.3 Å². The molecular formula is C22H30N4O2. The van der Waals surface area contributed by atoms with Crippen molar-refractivity contribution < 1.29 is 9.59 Å². The van der Waals surface area contributed by atoms with Gasteiger partial charge >= 0.3 is 0 Å². The van der Waals surface area contributed by atoms with E-state index in [1.807, 2.05) is 6.92 Å². The van der Waals surface area contributed by atoms with Gasteiger partial charge in [0.2, 0.25) is 11.8 Å². The molecule has 6 heteroatoms. The average molecular weight is 383 g/mol. The lowest BCUT2D eigenvalue weighted by molar-refractivity contribution is -0.129. The topological polar surface area (TPSA) is 64.7 Å². The second-order valence-electron chi connectivity index (χ2n) is 7.37. The number of likely N-dealkylation sites (N-methyl/N-ethyl adjacent to an activating group) is 1. The summed E-state index contributed by atoms with van der Waals surface area (Å²) in [5.41, 5.74) is 1.35. The smallest absolute Gasteiger partial charge is 0.242 e. The molecule has 1 heterocycles. The lowest BCUT2D eigenvalue weighted by Gasteiger charge is -2.34. The molecule has 1 aliphatic heterocycles. The normalized spacial score (nSPS) is 16.6. The summed E-state index contributed by atoms with van der Waals surface area (Å²) >= 11 is 0. The van der Waals surface area contributed by atoms with E-state index in [1.165, 1.54) is 16.3 Å². The summed E-state index contributed by atoms with van der Waals surface area (Å²) in [6, 6.07) is 14.5. The molecule has 2 N–H and O–H groups in total. The molecule has 1 aliphatic rings. The van der Waals surface area contributed by atoms with E-state index in [0.29, 0.717) is 13.1 Å². The van der Waals surface area contributed by atoms with E-state index in [0.717, 1.165) is 32.7 Å². The second kappa shape index (κ2) is 9.66. The highest BCUT2D eigenvalue weighted by molar-refractivity contribution is 5.88. The Morgan fingerprint density at radius 2 is 1.68 bits per heavy atom. The molecule has 0 unspecified atom stereocenters.